The summed E-state index contributed by atoms with van der Waals surface area (Å²) in [6, 6.07) is 12.6. The Kier molecular flexibility index (Phi) is 7.69. The van der Waals surface area contributed by atoms with Crippen molar-refractivity contribution in [2.75, 3.05) is 7.05 Å². The molecule has 0 aliphatic heterocycles. The maximum absolute atomic E-state index is 13.1. The maximum atomic E-state index is 13.1. The van der Waals surface area contributed by atoms with E-state index in [-0.39, 0.29) is 18.2 Å². The minimum Gasteiger partial charge on any atom is -0.357 e. The van der Waals surface area contributed by atoms with Crippen LogP contribution >= 0.6 is 23.2 Å². The Morgan fingerprint density at radius 3 is 2.22 bits per heavy atom. The van der Waals surface area contributed by atoms with Crippen LogP contribution in [-0.4, -0.2) is 29.8 Å². The van der Waals surface area contributed by atoms with Crippen molar-refractivity contribution in [1.29, 1.82) is 0 Å². The average molecular weight is 407 g/mol. The summed E-state index contributed by atoms with van der Waals surface area (Å²) in [5, 5.41) is 3.51. The van der Waals surface area contributed by atoms with Gasteiger partial charge in [-0.3, -0.25) is 9.59 Å². The Hall–Kier alpha value is -2.04. The number of nitrogens with one attached hydrogen (secondary N) is 1. The maximum Gasteiger partial charge on any atom is 0.242 e. The minimum atomic E-state index is -0.536. The Labute approximate surface area is 170 Å². The first-order chi connectivity index (χ1) is 12.8. The van der Waals surface area contributed by atoms with Crippen LogP contribution in [0.4, 0.5) is 0 Å². The fourth-order valence-corrected chi connectivity index (χ4v) is 3.22. The number of aryl methyl sites for hydroxylation is 1. The SMILES string of the molecule is CC[C@H](C(=O)NC)N(Cc1ccc(C)cc1)C(=O)Cc1ccc(Cl)c(Cl)c1. The highest BCUT2D eigenvalue weighted by Gasteiger charge is 2.28. The quantitative estimate of drug-likeness (QED) is 0.740. The van der Waals surface area contributed by atoms with Gasteiger partial charge >= 0.3 is 0 Å². The normalized spacial score (nSPS) is 11.7. The second kappa shape index (κ2) is 9.77. The number of nitrogens with zero attached hydrogens (tertiary/aromatic N) is 1. The third kappa shape index (κ3) is 5.72. The van der Waals surface area contributed by atoms with Gasteiger partial charge in [0.1, 0.15) is 6.04 Å². The molecule has 2 amide bonds. The third-order valence-electron chi connectivity index (χ3n) is 4.45. The van der Waals surface area contributed by atoms with E-state index in [4.69, 9.17) is 23.2 Å². The van der Waals surface area contributed by atoms with Crippen molar-refractivity contribution < 1.29 is 9.59 Å². The van der Waals surface area contributed by atoms with Gasteiger partial charge < -0.3 is 10.2 Å². The highest BCUT2D eigenvalue weighted by atomic mass is 35.5. The van der Waals surface area contributed by atoms with Gasteiger partial charge in [-0.15, -0.1) is 0 Å². The molecule has 0 saturated carbocycles. The van der Waals surface area contributed by atoms with E-state index in [0.29, 0.717) is 23.0 Å². The number of amides is 2. The number of carbonyl (C=O) groups is 2. The summed E-state index contributed by atoms with van der Waals surface area (Å²) in [5.41, 5.74) is 2.88. The summed E-state index contributed by atoms with van der Waals surface area (Å²) in [6.45, 7) is 4.28. The van der Waals surface area contributed by atoms with Crippen LogP contribution in [0, 0.1) is 6.92 Å². The van der Waals surface area contributed by atoms with Crippen LogP contribution in [0.15, 0.2) is 42.5 Å². The van der Waals surface area contributed by atoms with E-state index in [1.165, 1.54) is 0 Å². The average Bonchev–Trinajstić information content (AvgIpc) is 2.65. The molecule has 6 heteroatoms. The Morgan fingerprint density at radius 1 is 1.04 bits per heavy atom. The van der Waals surface area contributed by atoms with Gasteiger partial charge in [-0.1, -0.05) is 66.0 Å². The molecule has 0 saturated heterocycles. The highest BCUT2D eigenvalue weighted by Crippen LogP contribution is 2.23. The number of rotatable bonds is 7. The van der Waals surface area contributed by atoms with Gasteiger partial charge in [0.25, 0.3) is 0 Å². The second-order valence-electron chi connectivity index (χ2n) is 6.47. The first-order valence-corrected chi connectivity index (χ1v) is 9.61. The van der Waals surface area contributed by atoms with Crippen molar-refractivity contribution in [2.45, 2.75) is 39.3 Å². The summed E-state index contributed by atoms with van der Waals surface area (Å²) in [7, 11) is 1.58. The molecule has 2 aromatic rings. The van der Waals surface area contributed by atoms with Crippen LogP contribution in [0.1, 0.15) is 30.0 Å². The number of carbonyl (C=O) groups excluding carboxylic acids is 2. The molecule has 0 aliphatic rings. The van der Waals surface area contributed by atoms with E-state index < -0.39 is 6.04 Å². The van der Waals surface area contributed by atoms with E-state index in [0.717, 1.165) is 16.7 Å². The molecule has 0 aliphatic carbocycles. The van der Waals surface area contributed by atoms with Crippen molar-refractivity contribution in [2.24, 2.45) is 0 Å². The molecule has 27 heavy (non-hydrogen) atoms. The first kappa shape index (κ1) is 21.3. The summed E-state index contributed by atoms with van der Waals surface area (Å²) in [5.74, 6) is -0.309. The lowest BCUT2D eigenvalue weighted by Gasteiger charge is -2.30. The summed E-state index contributed by atoms with van der Waals surface area (Å²) < 4.78 is 0. The van der Waals surface area contributed by atoms with Gasteiger partial charge in [0.2, 0.25) is 11.8 Å². The van der Waals surface area contributed by atoms with Crippen molar-refractivity contribution >= 4 is 35.0 Å². The summed E-state index contributed by atoms with van der Waals surface area (Å²) in [6.07, 6.45) is 0.675. The molecule has 2 aromatic carbocycles. The molecule has 0 bridgehead atoms. The monoisotopic (exact) mass is 406 g/mol. The van der Waals surface area contributed by atoms with Crippen LogP contribution < -0.4 is 5.32 Å². The van der Waals surface area contributed by atoms with Crippen molar-refractivity contribution in [3.63, 3.8) is 0 Å². The molecule has 4 nitrogen and oxygen atoms in total. The lowest BCUT2D eigenvalue weighted by Crippen LogP contribution is -2.48. The van der Waals surface area contributed by atoms with Gasteiger partial charge in [-0.05, 0) is 36.6 Å². The van der Waals surface area contributed by atoms with Crippen molar-refractivity contribution in [3.05, 3.63) is 69.2 Å². The van der Waals surface area contributed by atoms with Gasteiger partial charge in [0.05, 0.1) is 16.5 Å². The molecule has 2 rings (SSSR count). The summed E-state index contributed by atoms with van der Waals surface area (Å²) >= 11 is 12.0. The predicted octanol–water partition coefficient (Wildman–Crippen LogP) is 4.40. The molecule has 0 unspecified atom stereocenters. The van der Waals surface area contributed by atoms with E-state index in [1.54, 1.807) is 30.1 Å². The summed E-state index contributed by atoms with van der Waals surface area (Å²) in [4.78, 5) is 27.0. The molecule has 144 valence electrons. The zero-order valence-electron chi connectivity index (χ0n) is 15.8. The zero-order chi connectivity index (χ0) is 20.0. The number of hydrogen-bond donors (Lipinski definition) is 1. The predicted molar refractivity (Wildman–Crippen MR) is 110 cm³/mol. The van der Waals surface area contributed by atoms with Gasteiger partial charge in [0.15, 0.2) is 0 Å². The van der Waals surface area contributed by atoms with Crippen LogP contribution in [0.3, 0.4) is 0 Å². The van der Waals surface area contributed by atoms with Crippen LogP contribution in [0.2, 0.25) is 10.0 Å². The van der Waals surface area contributed by atoms with Crippen LogP contribution in [-0.2, 0) is 22.6 Å². The van der Waals surface area contributed by atoms with Gasteiger partial charge in [-0.2, -0.15) is 0 Å². The number of likely N-dealkylation sites (N-methyl/N-ethyl adjacent to an activating group) is 1. The lowest BCUT2D eigenvalue weighted by molar-refractivity contribution is -0.140. The largest absolute Gasteiger partial charge is 0.357 e. The Morgan fingerprint density at radius 2 is 1.67 bits per heavy atom. The van der Waals surface area contributed by atoms with E-state index >= 15 is 0 Å². The molecule has 1 atom stereocenters. The van der Waals surface area contributed by atoms with Gasteiger partial charge in [-0.25, -0.2) is 0 Å². The smallest absolute Gasteiger partial charge is 0.242 e. The second-order valence-corrected chi connectivity index (χ2v) is 7.29. The highest BCUT2D eigenvalue weighted by molar-refractivity contribution is 6.42. The minimum absolute atomic E-state index is 0.135. The Balaban J connectivity index is 2.28. The number of hydrogen-bond acceptors (Lipinski definition) is 2. The fraction of sp³-hybridized carbons (Fsp3) is 0.333. The number of benzene rings is 2. The van der Waals surface area contributed by atoms with E-state index in [1.807, 2.05) is 38.1 Å². The molecular weight excluding hydrogens is 383 g/mol. The van der Waals surface area contributed by atoms with Gasteiger partial charge in [0, 0.05) is 13.6 Å². The third-order valence-corrected chi connectivity index (χ3v) is 5.18. The van der Waals surface area contributed by atoms with Crippen molar-refractivity contribution in [1.82, 2.24) is 10.2 Å². The van der Waals surface area contributed by atoms with E-state index in [2.05, 4.69) is 5.32 Å². The van der Waals surface area contributed by atoms with Crippen LogP contribution in [0.25, 0.3) is 0 Å². The first-order valence-electron chi connectivity index (χ1n) is 8.86. The van der Waals surface area contributed by atoms with Crippen molar-refractivity contribution in [3.8, 4) is 0 Å². The topological polar surface area (TPSA) is 49.4 Å². The number of halogens is 2. The standard InChI is InChI=1S/C21H24Cl2N2O2/c1-4-19(21(27)24-3)25(13-15-7-5-14(2)6-8-15)20(26)12-16-9-10-17(22)18(23)11-16/h5-11,19H,4,12-13H2,1-3H3,(H,24,27)/t19-/m1/s1. The molecule has 0 spiro atoms. The molecule has 0 radical (unpaired) electrons. The van der Waals surface area contributed by atoms with Crippen LogP contribution in [0.5, 0.6) is 0 Å². The molecule has 0 heterocycles. The molecule has 0 aromatic heterocycles. The molecule has 1 N–H and O–H groups in total. The fourth-order valence-electron chi connectivity index (χ4n) is 2.90. The molecule has 0 fully saturated rings. The molecular formula is C21H24Cl2N2O2. The van der Waals surface area contributed by atoms with E-state index in [9.17, 15) is 9.59 Å². The zero-order valence-corrected chi connectivity index (χ0v) is 17.3. The lowest BCUT2D eigenvalue weighted by atomic mass is 10.1. The Bertz CT molecular complexity index is 806.